The number of hydrogen-bond donors (Lipinski definition) is 2. The van der Waals surface area contributed by atoms with E-state index >= 15 is 0 Å². The van der Waals surface area contributed by atoms with Crippen molar-refractivity contribution in [3.8, 4) is 0 Å². The minimum Gasteiger partial charge on any atom is -0.444 e. The molecule has 1 atom stereocenters. The third-order valence-electron chi connectivity index (χ3n) is 4.29. The molecule has 1 aromatic carbocycles. The monoisotopic (exact) mass is 390 g/mol. The summed E-state index contributed by atoms with van der Waals surface area (Å²) in [6.07, 6.45) is 0.507. The van der Waals surface area contributed by atoms with Crippen LogP contribution >= 0.6 is 0 Å². The van der Waals surface area contributed by atoms with Crippen LogP contribution in [0.25, 0.3) is 0 Å². The van der Waals surface area contributed by atoms with E-state index in [1.165, 1.54) is 0 Å². The minimum atomic E-state index is -0.489. The lowest BCUT2D eigenvalue weighted by atomic mass is 10.1. The van der Waals surface area contributed by atoms with Crippen molar-refractivity contribution < 1.29 is 14.3 Å². The Morgan fingerprint density at radius 1 is 1.25 bits per heavy atom. The molecule has 0 aromatic heterocycles. The summed E-state index contributed by atoms with van der Waals surface area (Å²) in [4.78, 5) is 19.0. The smallest absolute Gasteiger partial charge is 0.407 e. The summed E-state index contributed by atoms with van der Waals surface area (Å²) in [5.41, 5.74) is 1.81. The van der Waals surface area contributed by atoms with Crippen molar-refractivity contribution in [1.82, 2.24) is 15.5 Å². The van der Waals surface area contributed by atoms with Gasteiger partial charge in [-0.25, -0.2) is 9.79 Å². The van der Waals surface area contributed by atoms with Crippen LogP contribution in [0.4, 0.5) is 4.79 Å². The molecule has 0 spiro atoms. The highest BCUT2D eigenvalue weighted by Crippen LogP contribution is 2.13. The third-order valence-corrected chi connectivity index (χ3v) is 4.29. The normalized spacial score (nSPS) is 17.5. The number of rotatable bonds is 6. The quantitative estimate of drug-likeness (QED) is 0.577. The van der Waals surface area contributed by atoms with Crippen molar-refractivity contribution in [2.24, 2.45) is 4.99 Å². The predicted octanol–water partition coefficient (Wildman–Crippen LogP) is 2.90. The van der Waals surface area contributed by atoms with Crippen molar-refractivity contribution in [3.05, 3.63) is 35.4 Å². The second-order valence-corrected chi connectivity index (χ2v) is 8.00. The van der Waals surface area contributed by atoms with E-state index in [9.17, 15) is 4.79 Å². The first kappa shape index (κ1) is 22.0. The van der Waals surface area contributed by atoms with Gasteiger partial charge in [0.15, 0.2) is 5.96 Å². The number of ether oxygens (including phenoxy) is 2. The first-order valence-electron chi connectivity index (χ1n) is 9.90. The van der Waals surface area contributed by atoms with Crippen LogP contribution < -0.4 is 10.6 Å². The fourth-order valence-electron chi connectivity index (χ4n) is 3.04. The largest absolute Gasteiger partial charge is 0.444 e. The Morgan fingerprint density at radius 3 is 2.54 bits per heavy atom. The Kier molecular flexibility index (Phi) is 8.11. The van der Waals surface area contributed by atoms with Gasteiger partial charge < -0.3 is 25.0 Å². The lowest BCUT2D eigenvalue weighted by Gasteiger charge is -2.23. The molecular weight excluding hydrogens is 356 g/mol. The van der Waals surface area contributed by atoms with Crippen molar-refractivity contribution in [2.45, 2.75) is 58.9 Å². The van der Waals surface area contributed by atoms with Gasteiger partial charge in [0.05, 0.1) is 19.2 Å². The van der Waals surface area contributed by atoms with E-state index < -0.39 is 5.60 Å². The number of guanidine groups is 1. The fourth-order valence-corrected chi connectivity index (χ4v) is 3.04. The zero-order valence-corrected chi connectivity index (χ0v) is 17.7. The summed E-state index contributed by atoms with van der Waals surface area (Å²) in [6, 6.07) is 8.36. The Morgan fingerprint density at radius 2 is 1.93 bits per heavy atom. The van der Waals surface area contributed by atoms with Crippen molar-refractivity contribution in [1.29, 1.82) is 0 Å². The van der Waals surface area contributed by atoms with Gasteiger partial charge in [-0.15, -0.1) is 0 Å². The zero-order valence-electron chi connectivity index (χ0n) is 17.7. The van der Waals surface area contributed by atoms with E-state index in [2.05, 4.69) is 46.7 Å². The van der Waals surface area contributed by atoms with Crippen LogP contribution in [0.5, 0.6) is 0 Å². The van der Waals surface area contributed by atoms with E-state index in [4.69, 9.17) is 14.5 Å². The lowest BCUT2D eigenvalue weighted by Crippen LogP contribution is -2.44. The highest BCUT2D eigenvalue weighted by Gasteiger charge is 2.27. The number of nitrogens with zero attached hydrogens (tertiary/aromatic N) is 2. The van der Waals surface area contributed by atoms with Crippen LogP contribution in [-0.4, -0.2) is 55.3 Å². The van der Waals surface area contributed by atoms with Gasteiger partial charge in [-0.1, -0.05) is 24.3 Å². The molecule has 1 amide bonds. The molecule has 2 N–H and O–H groups in total. The molecule has 2 rings (SSSR count). The molecule has 1 fully saturated rings. The number of likely N-dealkylation sites (tertiary alicyclic amines) is 1. The van der Waals surface area contributed by atoms with Gasteiger partial charge in [0, 0.05) is 26.7 Å². The second-order valence-electron chi connectivity index (χ2n) is 8.00. The van der Waals surface area contributed by atoms with Gasteiger partial charge in [-0.05, 0) is 45.2 Å². The molecule has 1 heterocycles. The van der Waals surface area contributed by atoms with E-state index in [0.717, 1.165) is 43.1 Å². The number of nitrogens with one attached hydrogen (secondary N) is 2. The number of methoxy groups -OCH3 is 1. The summed E-state index contributed by atoms with van der Waals surface area (Å²) >= 11 is 0. The summed E-state index contributed by atoms with van der Waals surface area (Å²) < 4.78 is 10.5. The first-order chi connectivity index (χ1) is 13.3. The molecule has 28 heavy (non-hydrogen) atoms. The van der Waals surface area contributed by atoms with Crippen molar-refractivity contribution in [3.63, 3.8) is 0 Å². The second kappa shape index (κ2) is 10.3. The molecule has 0 radical (unpaired) electrons. The van der Waals surface area contributed by atoms with Crippen molar-refractivity contribution in [2.75, 3.05) is 26.7 Å². The summed E-state index contributed by atoms with van der Waals surface area (Å²) in [6.45, 7) is 11.2. The molecule has 7 nitrogen and oxygen atoms in total. The Labute approximate surface area is 168 Å². The SMILES string of the molecule is CCNC(=NCc1ccc(COC)cc1)N1CCC(NC(=O)OC(C)(C)C)C1. The van der Waals surface area contributed by atoms with Gasteiger partial charge in [0.2, 0.25) is 0 Å². The van der Waals surface area contributed by atoms with E-state index in [1.54, 1.807) is 7.11 Å². The molecule has 1 aliphatic heterocycles. The van der Waals surface area contributed by atoms with Gasteiger partial charge in [-0.3, -0.25) is 0 Å². The molecule has 0 bridgehead atoms. The number of carbonyl (C=O) groups excluding carboxylic acids is 1. The number of aliphatic imine (C=N–C) groups is 1. The molecule has 1 saturated heterocycles. The highest BCUT2D eigenvalue weighted by molar-refractivity contribution is 5.80. The average molecular weight is 391 g/mol. The molecular formula is C21H34N4O3. The van der Waals surface area contributed by atoms with Crippen molar-refractivity contribution >= 4 is 12.1 Å². The highest BCUT2D eigenvalue weighted by atomic mass is 16.6. The molecule has 7 heteroatoms. The minimum absolute atomic E-state index is 0.0621. The van der Waals surface area contributed by atoms with E-state index in [1.807, 2.05) is 20.8 Å². The molecule has 1 aliphatic rings. The van der Waals surface area contributed by atoms with Gasteiger partial charge >= 0.3 is 6.09 Å². The summed E-state index contributed by atoms with van der Waals surface area (Å²) in [5, 5.41) is 6.31. The Balaban J connectivity index is 1.92. The topological polar surface area (TPSA) is 75.2 Å². The Hall–Kier alpha value is -2.28. The fraction of sp³-hybridized carbons (Fsp3) is 0.619. The Bertz CT molecular complexity index is 653. The maximum absolute atomic E-state index is 12.0. The zero-order chi connectivity index (χ0) is 20.6. The van der Waals surface area contributed by atoms with Crippen LogP contribution in [0.3, 0.4) is 0 Å². The lowest BCUT2D eigenvalue weighted by molar-refractivity contribution is 0.0507. The van der Waals surface area contributed by atoms with Gasteiger partial charge in [-0.2, -0.15) is 0 Å². The standard InChI is InChI=1S/C21H34N4O3/c1-6-22-19(23-13-16-7-9-17(10-8-16)15-27-5)25-12-11-18(14-25)24-20(26)28-21(2,3)4/h7-10,18H,6,11-15H2,1-5H3,(H,22,23)(H,24,26). The maximum Gasteiger partial charge on any atom is 0.407 e. The average Bonchev–Trinajstić information content (AvgIpc) is 3.06. The number of alkyl carbamates (subject to hydrolysis) is 1. The molecule has 1 aromatic rings. The number of amides is 1. The molecule has 0 saturated carbocycles. The maximum atomic E-state index is 12.0. The number of hydrogen-bond acceptors (Lipinski definition) is 4. The number of carbonyl (C=O) groups is 1. The van der Waals surface area contributed by atoms with Crippen LogP contribution in [-0.2, 0) is 22.6 Å². The first-order valence-corrected chi connectivity index (χ1v) is 9.90. The molecule has 156 valence electrons. The van der Waals surface area contributed by atoms with E-state index in [0.29, 0.717) is 13.2 Å². The molecule has 0 aliphatic carbocycles. The summed E-state index contributed by atoms with van der Waals surface area (Å²) in [7, 11) is 1.70. The van der Waals surface area contributed by atoms with E-state index in [-0.39, 0.29) is 12.1 Å². The number of benzene rings is 1. The van der Waals surface area contributed by atoms with Gasteiger partial charge in [0.25, 0.3) is 0 Å². The summed E-state index contributed by atoms with van der Waals surface area (Å²) in [5.74, 6) is 0.872. The molecule has 1 unspecified atom stereocenters. The van der Waals surface area contributed by atoms with Gasteiger partial charge in [0.1, 0.15) is 5.60 Å². The van der Waals surface area contributed by atoms with Crippen LogP contribution in [0.2, 0.25) is 0 Å². The van der Waals surface area contributed by atoms with Crippen LogP contribution in [0.1, 0.15) is 45.2 Å². The van der Waals surface area contributed by atoms with Crippen LogP contribution in [0.15, 0.2) is 29.3 Å². The third kappa shape index (κ3) is 7.38. The van der Waals surface area contributed by atoms with Crippen LogP contribution in [0, 0.1) is 0 Å². The predicted molar refractivity (Wildman–Crippen MR) is 111 cm³/mol.